The van der Waals surface area contributed by atoms with Gasteiger partial charge in [0.05, 0.1) is 0 Å². The van der Waals surface area contributed by atoms with Gasteiger partial charge in [0.2, 0.25) is 11.8 Å². The highest BCUT2D eigenvalue weighted by Gasteiger charge is 2.32. The summed E-state index contributed by atoms with van der Waals surface area (Å²) in [6.45, 7) is 10.5. The van der Waals surface area contributed by atoms with Crippen LogP contribution in [0.2, 0.25) is 0 Å². The van der Waals surface area contributed by atoms with E-state index in [9.17, 15) is 9.59 Å². The van der Waals surface area contributed by atoms with E-state index in [1.165, 1.54) is 0 Å². The molecule has 0 aliphatic carbocycles. The number of amides is 2. The van der Waals surface area contributed by atoms with Crippen LogP contribution < -0.4 is 11.1 Å². The first kappa shape index (κ1) is 14.9. The molecule has 0 aromatic rings. The van der Waals surface area contributed by atoms with E-state index < -0.39 is 11.3 Å². The molecule has 2 amide bonds. The average Bonchev–Trinajstić information content (AvgIpc) is 1.98. The third kappa shape index (κ3) is 6.43. The zero-order valence-electron chi connectivity index (χ0n) is 11.0. The first-order chi connectivity index (χ1) is 7.04. The second-order valence-electron chi connectivity index (χ2n) is 6.09. The normalized spacial score (nSPS) is 12.3. The van der Waals surface area contributed by atoms with Gasteiger partial charge in [0.1, 0.15) is 0 Å². The van der Waals surface area contributed by atoms with Crippen molar-refractivity contribution in [3.05, 3.63) is 0 Å². The highest BCUT2D eigenvalue weighted by atomic mass is 16.2. The van der Waals surface area contributed by atoms with E-state index in [-0.39, 0.29) is 17.7 Å². The van der Waals surface area contributed by atoms with E-state index in [2.05, 4.69) is 26.1 Å². The molecule has 0 unspecified atom stereocenters. The zero-order valence-corrected chi connectivity index (χ0v) is 11.0. The van der Waals surface area contributed by atoms with Gasteiger partial charge in [-0.1, -0.05) is 34.6 Å². The molecule has 0 bridgehead atoms. The van der Waals surface area contributed by atoms with Crippen molar-refractivity contribution >= 4 is 11.8 Å². The molecule has 3 N–H and O–H groups in total. The average molecular weight is 228 g/mol. The largest absolute Gasteiger partial charge is 0.370 e. The minimum Gasteiger partial charge on any atom is -0.370 e. The first-order valence-corrected chi connectivity index (χ1v) is 5.61. The number of carbonyl (C=O) groups excluding carboxylic acids is 2. The molecule has 0 saturated heterocycles. The number of carbonyl (C=O) groups is 2. The van der Waals surface area contributed by atoms with Crippen molar-refractivity contribution in [3.8, 4) is 0 Å². The third-order valence-electron chi connectivity index (χ3n) is 2.24. The van der Waals surface area contributed by atoms with Gasteiger partial charge in [-0.3, -0.25) is 9.59 Å². The molecule has 0 spiro atoms. The molecule has 0 aromatic carbocycles. The number of nitrogens with two attached hydrogens (primary N) is 1. The summed E-state index contributed by atoms with van der Waals surface area (Å²) in [5.74, 6) is -0.419. The van der Waals surface area contributed by atoms with Gasteiger partial charge in [0, 0.05) is 18.4 Å². The molecular formula is C12H24N2O2. The van der Waals surface area contributed by atoms with Gasteiger partial charge >= 0.3 is 0 Å². The lowest BCUT2D eigenvalue weighted by Gasteiger charge is -2.31. The Kier molecular flexibility index (Phi) is 4.97. The van der Waals surface area contributed by atoms with E-state index in [4.69, 9.17) is 5.73 Å². The Bertz CT molecular complexity index is 265. The van der Waals surface area contributed by atoms with Crippen LogP contribution in [0.1, 0.15) is 47.5 Å². The number of nitrogens with one attached hydrogen (secondary N) is 1. The van der Waals surface area contributed by atoms with Gasteiger partial charge in [-0.15, -0.1) is 0 Å². The molecule has 0 aliphatic rings. The van der Waals surface area contributed by atoms with Gasteiger partial charge in [-0.2, -0.15) is 0 Å². The fourth-order valence-electron chi connectivity index (χ4n) is 1.94. The minimum absolute atomic E-state index is 0.0244. The summed E-state index contributed by atoms with van der Waals surface area (Å²) in [5, 5.41) is 2.74. The molecule has 0 aliphatic heterocycles. The third-order valence-corrected chi connectivity index (χ3v) is 2.24. The Morgan fingerprint density at radius 2 is 1.62 bits per heavy atom. The maximum atomic E-state index is 11.9. The van der Waals surface area contributed by atoms with E-state index in [0.29, 0.717) is 6.54 Å². The van der Waals surface area contributed by atoms with Crippen LogP contribution in [0, 0.1) is 10.8 Å². The van der Waals surface area contributed by atoms with Crippen LogP contribution in [0.3, 0.4) is 0 Å². The fourth-order valence-corrected chi connectivity index (χ4v) is 1.94. The summed E-state index contributed by atoms with van der Waals surface area (Å²) in [6, 6.07) is 0. The molecule has 0 fully saturated rings. The zero-order chi connectivity index (χ0) is 13.0. The second kappa shape index (κ2) is 5.32. The molecule has 4 heteroatoms. The summed E-state index contributed by atoms with van der Waals surface area (Å²) in [5.41, 5.74) is 4.68. The molecular weight excluding hydrogens is 204 g/mol. The van der Waals surface area contributed by atoms with Crippen molar-refractivity contribution in [2.75, 3.05) is 6.54 Å². The van der Waals surface area contributed by atoms with E-state index in [1.807, 2.05) is 13.8 Å². The van der Waals surface area contributed by atoms with Crippen LogP contribution in [0.15, 0.2) is 0 Å². The van der Waals surface area contributed by atoms with Crippen molar-refractivity contribution in [2.24, 2.45) is 16.6 Å². The highest BCUT2D eigenvalue weighted by molar-refractivity contribution is 5.82. The van der Waals surface area contributed by atoms with Crippen LogP contribution in [0.5, 0.6) is 0 Å². The Morgan fingerprint density at radius 3 is 2.00 bits per heavy atom. The number of primary amides is 1. The lowest BCUT2D eigenvalue weighted by atomic mass is 9.76. The Labute approximate surface area is 98.0 Å². The van der Waals surface area contributed by atoms with Gasteiger partial charge in [-0.05, 0) is 11.8 Å². The molecule has 0 atom stereocenters. The molecule has 0 heterocycles. The molecule has 0 rings (SSSR count). The van der Waals surface area contributed by atoms with E-state index >= 15 is 0 Å². The number of hydrogen-bond donors (Lipinski definition) is 2. The van der Waals surface area contributed by atoms with Crippen LogP contribution in [-0.2, 0) is 9.59 Å². The van der Waals surface area contributed by atoms with Crippen molar-refractivity contribution in [2.45, 2.75) is 47.5 Å². The van der Waals surface area contributed by atoms with Crippen LogP contribution in [0.4, 0.5) is 0 Å². The van der Waals surface area contributed by atoms with E-state index in [1.54, 1.807) is 0 Å². The Morgan fingerprint density at radius 1 is 1.12 bits per heavy atom. The minimum atomic E-state index is -0.421. The van der Waals surface area contributed by atoms with E-state index in [0.717, 1.165) is 6.42 Å². The van der Waals surface area contributed by atoms with Crippen LogP contribution in [0.25, 0.3) is 0 Å². The Balaban J connectivity index is 4.20. The Hall–Kier alpha value is -1.06. The molecule has 0 saturated carbocycles. The maximum Gasteiger partial charge on any atom is 0.225 e. The molecule has 16 heavy (non-hydrogen) atoms. The first-order valence-electron chi connectivity index (χ1n) is 5.61. The van der Waals surface area contributed by atoms with Gasteiger partial charge in [-0.25, -0.2) is 0 Å². The van der Waals surface area contributed by atoms with Crippen molar-refractivity contribution in [3.63, 3.8) is 0 Å². The predicted molar refractivity (Wildman–Crippen MR) is 64.7 cm³/mol. The highest BCUT2D eigenvalue weighted by Crippen LogP contribution is 2.33. The van der Waals surface area contributed by atoms with Gasteiger partial charge in [0.15, 0.2) is 0 Å². The maximum absolute atomic E-state index is 11.9. The SMILES string of the molecule is CC(C)(C)CC(C)(C)C(=O)NCCC(N)=O. The van der Waals surface area contributed by atoms with Crippen molar-refractivity contribution in [1.82, 2.24) is 5.32 Å². The quantitative estimate of drug-likeness (QED) is 0.747. The summed E-state index contributed by atoms with van der Waals surface area (Å²) < 4.78 is 0. The van der Waals surface area contributed by atoms with Crippen LogP contribution >= 0.6 is 0 Å². The summed E-state index contributed by atoms with van der Waals surface area (Å²) in [6.07, 6.45) is 0.986. The summed E-state index contributed by atoms with van der Waals surface area (Å²) >= 11 is 0. The predicted octanol–water partition coefficient (Wildman–Crippen LogP) is 1.44. The molecule has 94 valence electrons. The van der Waals surface area contributed by atoms with Gasteiger partial charge < -0.3 is 11.1 Å². The van der Waals surface area contributed by atoms with Crippen molar-refractivity contribution < 1.29 is 9.59 Å². The van der Waals surface area contributed by atoms with Crippen molar-refractivity contribution in [1.29, 1.82) is 0 Å². The smallest absolute Gasteiger partial charge is 0.225 e. The number of rotatable bonds is 5. The topological polar surface area (TPSA) is 72.2 Å². The lowest BCUT2D eigenvalue weighted by molar-refractivity contribution is -0.130. The molecule has 0 aromatic heterocycles. The lowest BCUT2D eigenvalue weighted by Crippen LogP contribution is -2.40. The summed E-state index contributed by atoms with van der Waals surface area (Å²) in [7, 11) is 0. The monoisotopic (exact) mass is 228 g/mol. The molecule has 4 nitrogen and oxygen atoms in total. The van der Waals surface area contributed by atoms with Crippen LogP contribution in [-0.4, -0.2) is 18.4 Å². The molecule has 0 radical (unpaired) electrons. The second-order valence-corrected chi connectivity index (χ2v) is 6.09. The number of hydrogen-bond acceptors (Lipinski definition) is 2. The van der Waals surface area contributed by atoms with Gasteiger partial charge in [0.25, 0.3) is 0 Å². The summed E-state index contributed by atoms with van der Waals surface area (Å²) in [4.78, 5) is 22.4. The fraction of sp³-hybridized carbons (Fsp3) is 0.833. The standard InChI is InChI=1S/C12H24N2O2/c1-11(2,3)8-12(4,5)10(16)14-7-6-9(13)15/h6-8H2,1-5H3,(H2,13,15)(H,14,16).